The Morgan fingerprint density at radius 1 is 1.19 bits per heavy atom. The van der Waals surface area contributed by atoms with Gasteiger partial charge in [0.15, 0.2) is 5.82 Å². The number of nitrogens with one attached hydrogen (secondary N) is 1. The predicted molar refractivity (Wildman–Crippen MR) is 157 cm³/mol. The average molecular weight is 688 g/mol. The normalized spacial score (nSPS) is 18.6. The van der Waals surface area contributed by atoms with E-state index in [4.69, 9.17) is 21.5 Å². The van der Waals surface area contributed by atoms with E-state index in [0.717, 1.165) is 17.7 Å². The number of anilines is 1. The molecule has 2 atom stereocenters. The van der Waals surface area contributed by atoms with Crippen molar-refractivity contribution in [1.29, 1.82) is 0 Å². The number of amides is 2. The van der Waals surface area contributed by atoms with E-state index in [9.17, 15) is 35.9 Å². The highest BCUT2D eigenvalue weighted by Crippen LogP contribution is 2.39. The zero-order chi connectivity index (χ0) is 34.6. The van der Waals surface area contributed by atoms with Crippen molar-refractivity contribution in [1.82, 2.24) is 19.7 Å². The zero-order valence-corrected chi connectivity index (χ0v) is 25.6. The summed E-state index contributed by atoms with van der Waals surface area (Å²) in [6.07, 6.45) is 1.35. The van der Waals surface area contributed by atoms with E-state index in [1.807, 2.05) is 19.1 Å². The first kappa shape index (κ1) is 35.3. The lowest BCUT2D eigenvalue weighted by molar-refractivity contribution is -0.192. The molecule has 2 amide bonds. The highest BCUT2D eigenvalue weighted by atomic mass is 35.5. The number of aryl methyl sites for hydroxylation is 1. The number of hydrogen-bond donors (Lipinski definition) is 2. The molecule has 47 heavy (non-hydrogen) atoms. The summed E-state index contributed by atoms with van der Waals surface area (Å²) in [5.74, 6) is -4.88. The first-order chi connectivity index (χ1) is 22.1. The van der Waals surface area contributed by atoms with Gasteiger partial charge in [0.2, 0.25) is 11.8 Å². The summed E-state index contributed by atoms with van der Waals surface area (Å²) in [4.78, 5) is 41.5. The van der Waals surface area contributed by atoms with Crippen LogP contribution >= 0.6 is 11.6 Å². The first-order valence-corrected chi connectivity index (χ1v) is 14.5. The largest absolute Gasteiger partial charge is 0.490 e. The fraction of sp³-hybridized carbons (Fsp3) is 0.367. The molecule has 2 N–H and O–H groups in total. The van der Waals surface area contributed by atoms with Crippen molar-refractivity contribution in [3.8, 4) is 17.0 Å². The predicted octanol–water partition coefficient (Wildman–Crippen LogP) is 6.62. The molecule has 0 fully saturated rings. The van der Waals surface area contributed by atoms with Crippen molar-refractivity contribution in [2.75, 3.05) is 11.9 Å². The molecule has 0 aliphatic carbocycles. The molecule has 0 radical (unpaired) electrons. The maximum atomic E-state index is 15.0. The number of fused-ring (bicyclic) bond motifs is 4. The van der Waals surface area contributed by atoms with Crippen LogP contribution in [-0.2, 0) is 21.4 Å². The van der Waals surface area contributed by atoms with Crippen LogP contribution in [0.25, 0.3) is 16.8 Å². The fourth-order valence-electron chi connectivity index (χ4n) is 5.31. The zero-order valence-electron chi connectivity index (χ0n) is 24.8. The van der Waals surface area contributed by atoms with E-state index in [0.29, 0.717) is 36.3 Å². The molecule has 0 saturated heterocycles. The van der Waals surface area contributed by atoms with E-state index in [2.05, 4.69) is 20.1 Å². The van der Waals surface area contributed by atoms with Crippen LogP contribution in [0.5, 0.6) is 5.75 Å². The van der Waals surface area contributed by atoms with Crippen LogP contribution in [0.1, 0.15) is 49.9 Å². The maximum absolute atomic E-state index is 15.0. The molecular weight excluding hydrogens is 660 g/mol. The maximum Gasteiger partial charge on any atom is 0.490 e. The van der Waals surface area contributed by atoms with Crippen LogP contribution in [0.15, 0.2) is 42.7 Å². The average Bonchev–Trinajstić information content (AvgIpc) is 3.36. The summed E-state index contributed by atoms with van der Waals surface area (Å²) in [5, 5.41) is 14.1. The fourth-order valence-corrected chi connectivity index (χ4v) is 5.46. The van der Waals surface area contributed by atoms with Gasteiger partial charge >= 0.3 is 18.8 Å². The SMILES string of the molecule is C[C@@H]1CCC[C@H](N2CCC(c3c(OC(F)F)ccc(Cl)c3F)=CC2=O)c2cc(ccn2)-c2c(cnn2C)NC1=O.O=C(O)C(F)(F)F. The second kappa shape index (κ2) is 14.4. The quantitative estimate of drug-likeness (QED) is 0.295. The van der Waals surface area contributed by atoms with Gasteiger partial charge in [-0.25, -0.2) is 9.18 Å². The number of aromatic nitrogens is 3. The minimum absolute atomic E-state index is 0.118. The van der Waals surface area contributed by atoms with Gasteiger partial charge in [-0.15, -0.1) is 0 Å². The Labute approximate surface area is 269 Å². The first-order valence-electron chi connectivity index (χ1n) is 14.1. The molecule has 1 aromatic carbocycles. The van der Waals surface area contributed by atoms with Gasteiger partial charge in [0.25, 0.3) is 0 Å². The summed E-state index contributed by atoms with van der Waals surface area (Å²) in [5.41, 5.74) is 2.69. The van der Waals surface area contributed by atoms with Gasteiger partial charge in [-0.2, -0.15) is 27.1 Å². The lowest BCUT2D eigenvalue weighted by Gasteiger charge is -2.34. The van der Waals surface area contributed by atoms with E-state index in [-0.39, 0.29) is 46.7 Å². The summed E-state index contributed by atoms with van der Waals surface area (Å²) in [6, 6.07) is 5.55. The number of alkyl halides is 5. The van der Waals surface area contributed by atoms with Gasteiger partial charge in [0.1, 0.15) is 5.75 Å². The number of benzene rings is 1. The molecule has 0 unspecified atom stereocenters. The topological polar surface area (TPSA) is 127 Å². The number of carboxylic acid groups (broad SMARTS) is 1. The van der Waals surface area contributed by atoms with Crippen LogP contribution in [0.3, 0.4) is 0 Å². The summed E-state index contributed by atoms with van der Waals surface area (Å²) >= 11 is 5.93. The summed E-state index contributed by atoms with van der Waals surface area (Å²) < 4.78 is 78.9. The molecule has 2 bridgehead atoms. The van der Waals surface area contributed by atoms with Crippen LogP contribution in [0.2, 0.25) is 5.02 Å². The third-order valence-corrected chi connectivity index (χ3v) is 7.86. The third-order valence-electron chi connectivity index (χ3n) is 7.57. The Morgan fingerprint density at radius 2 is 1.89 bits per heavy atom. The Hall–Kier alpha value is -4.60. The van der Waals surface area contributed by atoms with Crippen LogP contribution < -0.4 is 10.1 Å². The minimum atomic E-state index is -5.08. The van der Waals surface area contributed by atoms with Crippen molar-refractivity contribution >= 4 is 40.6 Å². The van der Waals surface area contributed by atoms with Crippen molar-refractivity contribution in [2.24, 2.45) is 13.0 Å². The molecule has 5 rings (SSSR count). The minimum Gasteiger partial charge on any atom is -0.475 e. The molecule has 2 aliphatic rings. The van der Waals surface area contributed by atoms with Crippen molar-refractivity contribution in [3.05, 3.63) is 64.8 Å². The number of carboxylic acids is 1. The van der Waals surface area contributed by atoms with E-state index in [1.54, 1.807) is 29.0 Å². The lowest BCUT2D eigenvalue weighted by atomic mass is 9.93. The van der Waals surface area contributed by atoms with Gasteiger partial charge in [-0.3, -0.25) is 19.3 Å². The molecule has 2 aliphatic heterocycles. The van der Waals surface area contributed by atoms with Gasteiger partial charge < -0.3 is 20.1 Å². The highest BCUT2D eigenvalue weighted by molar-refractivity contribution is 6.31. The lowest BCUT2D eigenvalue weighted by Crippen LogP contribution is -2.38. The number of rotatable bonds is 4. The number of hydrogen-bond acceptors (Lipinski definition) is 6. The Balaban J connectivity index is 0.000000644. The third kappa shape index (κ3) is 8.22. The van der Waals surface area contributed by atoms with E-state index in [1.165, 1.54) is 6.08 Å². The second-order valence-electron chi connectivity index (χ2n) is 10.7. The van der Waals surface area contributed by atoms with Crippen LogP contribution in [-0.4, -0.2) is 61.9 Å². The van der Waals surface area contributed by atoms with E-state index >= 15 is 0 Å². The second-order valence-corrected chi connectivity index (χ2v) is 11.1. The summed E-state index contributed by atoms with van der Waals surface area (Å²) in [6.45, 7) is -1.13. The number of nitrogens with zero attached hydrogens (tertiary/aromatic N) is 4. The molecule has 4 heterocycles. The molecule has 252 valence electrons. The van der Waals surface area contributed by atoms with Gasteiger partial charge in [-0.1, -0.05) is 24.9 Å². The molecule has 0 spiro atoms. The van der Waals surface area contributed by atoms with Gasteiger partial charge in [-0.05, 0) is 49.1 Å². The number of aliphatic carboxylic acids is 1. The molecule has 10 nitrogen and oxygen atoms in total. The Kier molecular flexibility index (Phi) is 10.8. The molecule has 2 aromatic heterocycles. The standard InChI is InChI=1S/C28H27ClF3N5O3.C2HF3O2/c1-15-4-3-5-21(19-12-17(8-10-33-19)26-20(35-27(15)39)14-34-36(26)2)37-11-9-16(13-23(37)38)24-22(40-28(31)32)7-6-18(29)25(24)30;3-2(4,5)1(6)7/h6-8,10,12-15,21,28H,3-5,9,11H2,1-2H3,(H,35,39);(H,6,7)/t15-,21+;/m1./s1. The Bertz CT molecular complexity index is 1700. The van der Waals surface area contributed by atoms with Crippen LogP contribution in [0, 0.1) is 11.7 Å². The molecular formula is C30H28ClF6N5O5. The smallest absolute Gasteiger partial charge is 0.475 e. The number of pyridine rings is 1. The summed E-state index contributed by atoms with van der Waals surface area (Å²) in [7, 11) is 1.78. The molecule has 17 heteroatoms. The number of carbonyl (C=O) groups is 3. The van der Waals surface area contributed by atoms with Crippen molar-refractivity contribution < 1.29 is 50.6 Å². The van der Waals surface area contributed by atoms with Gasteiger partial charge in [0.05, 0.1) is 39.9 Å². The highest BCUT2D eigenvalue weighted by Gasteiger charge is 2.38. The number of ether oxygens (including phenoxy) is 1. The molecule has 3 aromatic rings. The van der Waals surface area contributed by atoms with Crippen molar-refractivity contribution in [2.45, 2.75) is 51.4 Å². The van der Waals surface area contributed by atoms with E-state index < -0.39 is 36.5 Å². The monoisotopic (exact) mass is 687 g/mol. The molecule has 0 saturated carbocycles. The van der Waals surface area contributed by atoms with Crippen molar-refractivity contribution in [3.63, 3.8) is 0 Å². The number of halogens is 7. The Morgan fingerprint density at radius 3 is 2.53 bits per heavy atom. The number of carbonyl (C=O) groups excluding carboxylic acids is 2. The van der Waals surface area contributed by atoms with Crippen LogP contribution in [0.4, 0.5) is 32.0 Å². The van der Waals surface area contributed by atoms with Gasteiger partial charge in [0, 0.05) is 37.3 Å².